The van der Waals surface area contributed by atoms with E-state index in [1.807, 2.05) is 0 Å². The largest absolute Gasteiger partial charge is 0.0884 e. The molecule has 1 aliphatic carbocycles. The monoisotopic (exact) mass is 274 g/mol. The van der Waals surface area contributed by atoms with Gasteiger partial charge in [0, 0.05) is 4.83 Å². The fourth-order valence-electron chi connectivity index (χ4n) is 2.84. The first-order valence-electron chi connectivity index (χ1n) is 5.98. The van der Waals surface area contributed by atoms with E-state index in [9.17, 15) is 0 Å². The van der Waals surface area contributed by atoms with Crippen molar-refractivity contribution in [3.63, 3.8) is 0 Å². The zero-order valence-electron chi connectivity index (χ0n) is 9.20. The molecule has 2 atom stereocenters. The minimum atomic E-state index is 0.665. The zero-order valence-corrected chi connectivity index (χ0v) is 10.8. The van der Waals surface area contributed by atoms with Crippen LogP contribution in [0.25, 0.3) is 10.8 Å². The molecule has 0 nitrogen and oxygen atoms in total. The van der Waals surface area contributed by atoms with Crippen molar-refractivity contribution in [2.75, 3.05) is 0 Å². The summed E-state index contributed by atoms with van der Waals surface area (Å²) in [7, 11) is 0. The summed E-state index contributed by atoms with van der Waals surface area (Å²) in [5.41, 5.74) is 1.53. The van der Waals surface area contributed by atoms with Crippen LogP contribution in [-0.2, 0) is 0 Å². The topological polar surface area (TPSA) is 0 Å². The molecule has 0 radical (unpaired) electrons. The summed E-state index contributed by atoms with van der Waals surface area (Å²) in [4.78, 5) is 0.665. The Morgan fingerprint density at radius 2 is 1.75 bits per heavy atom. The number of fused-ring (bicyclic) bond motifs is 1. The lowest BCUT2D eigenvalue weighted by Crippen LogP contribution is -2.04. The van der Waals surface area contributed by atoms with E-state index in [-0.39, 0.29) is 0 Å². The summed E-state index contributed by atoms with van der Waals surface area (Å²) in [5.74, 6) is 0.700. The summed E-state index contributed by atoms with van der Waals surface area (Å²) >= 11 is 3.83. The first-order chi connectivity index (χ1) is 7.86. The minimum Gasteiger partial charge on any atom is -0.0884 e. The van der Waals surface area contributed by atoms with Crippen LogP contribution in [0, 0.1) is 0 Å². The number of hydrogen-bond donors (Lipinski definition) is 0. The molecule has 0 spiro atoms. The highest BCUT2D eigenvalue weighted by Gasteiger charge is 2.27. The van der Waals surface area contributed by atoms with Crippen molar-refractivity contribution in [3.8, 4) is 0 Å². The maximum Gasteiger partial charge on any atom is 0.0214 e. The van der Waals surface area contributed by atoms with Crippen molar-refractivity contribution < 1.29 is 0 Å². The third-order valence-corrected chi connectivity index (χ3v) is 4.75. The molecule has 82 valence electrons. The van der Waals surface area contributed by atoms with E-state index in [4.69, 9.17) is 0 Å². The lowest BCUT2D eigenvalue weighted by molar-refractivity contribution is 0.749. The maximum absolute atomic E-state index is 3.83. The predicted molar refractivity (Wildman–Crippen MR) is 73.3 cm³/mol. The van der Waals surface area contributed by atoms with Gasteiger partial charge in [-0.15, -0.1) is 0 Å². The van der Waals surface area contributed by atoms with Gasteiger partial charge in [-0.1, -0.05) is 64.8 Å². The molecular weight excluding hydrogens is 260 g/mol. The fraction of sp³-hybridized carbons (Fsp3) is 0.333. The van der Waals surface area contributed by atoms with Gasteiger partial charge in [0.15, 0.2) is 0 Å². The summed E-state index contributed by atoms with van der Waals surface area (Å²) in [6, 6.07) is 15.4. The summed E-state index contributed by atoms with van der Waals surface area (Å²) < 4.78 is 0. The van der Waals surface area contributed by atoms with E-state index in [2.05, 4.69) is 58.4 Å². The van der Waals surface area contributed by atoms with Crippen LogP contribution in [0.3, 0.4) is 0 Å². The van der Waals surface area contributed by atoms with Crippen molar-refractivity contribution in [1.82, 2.24) is 0 Å². The van der Waals surface area contributed by atoms with Crippen LogP contribution >= 0.6 is 15.9 Å². The smallest absolute Gasteiger partial charge is 0.0214 e. The average molecular weight is 275 g/mol. The Bertz CT molecular complexity index is 498. The molecule has 16 heavy (non-hydrogen) atoms. The highest BCUT2D eigenvalue weighted by molar-refractivity contribution is 9.09. The molecule has 0 aliphatic heterocycles. The quantitative estimate of drug-likeness (QED) is 0.651. The van der Waals surface area contributed by atoms with Gasteiger partial charge in [-0.25, -0.2) is 0 Å². The molecule has 1 aliphatic rings. The van der Waals surface area contributed by atoms with Crippen LogP contribution in [-0.4, -0.2) is 4.83 Å². The molecule has 0 bridgehead atoms. The number of benzene rings is 2. The maximum atomic E-state index is 3.83. The summed E-state index contributed by atoms with van der Waals surface area (Å²) in [5, 5.41) is 2.80. The summed E-state index contributed by atoms with van der Waals surface area (Å²) in [6.45, 7) is 0. The number of hydrogen-bond acceptors (Lipinski definition) is 0. The van der Waals surface area contributed by atoms with Gasteiger partial charge in [-0.3, -0.25) is 0 Å². The van der Waals surface area contributed by atoms with E-state index in [1.54, 1.807) is 0 Å². The first-order valence-corrected chi connectivity index (χ1v) is 6.89. The van der Waals surface area contributed by atoms with Crippen LogP contribution < -0.4 is 0 Å². The van der Waals surface area contributed by atoms with E-state index >= 15 is 0 Å². The fourth-order valence-corrected chi connectivity index (χ4v) is 3.71. The van der Waals surface area contributed by atoms with Crippen LogP contribution in [0.1, 0.15) is 30.7 Å². The molecule has 1 fully saturated rings. The van der Waals surface area contributed by atoms with Crippen LogP contribution in [0.2, 0.25) is 0 Å². The normalized spacial score (nSPS) is 25.1. The lowest BCUT2D eigenvalue weighted by Gasteiger charge is -2.16. The number of halogens is 1. The Balaban J connectivity index is 2.16. The molecule has 0 aromatic heterocycles. The first kappa shape index (κ1) is 10.3. The van der Waals surface area contributed by atoms with Crippen LogP contribution in [0.5, 0.6) is 0 Å². The molecule has 2 unspecified atom stereocenters. The SMILES string of the molecule is BrC1CCCC1c1cccc2ccccc12. The molecule has 0 N–H and O–H groups in total. The molecule has 2 aromatic rings. The van der Waals surface area contributed by atoms with Gasteiger partial charge in [-0.05, 0) is 35.1 Å². The van der Waals surface area contributed by atoms with E-state index in [1.165, 1.54) is 35.6 Å². The minimum absolute atomic E-state index is 0.665. The second-order valence-corrected chi connectivity index (χ2v) is 5.80. The van der Waals surface area contributed by atoms with Crippen molar-refractivity contribution in [1.29, 1.82) is 0 Å². The zero-order chi connectivity index (χ0) is 11.0. The van der Waals surface area contributed by atoms with Gasteiger partial charge in [0.05, 0.1) is 0 Å². The Morgan fingerprint density at radius 1 is 0.938 bits per heavy atom. The van der Waals surface area contributed by atoms with Gasteiger partial charge < -0.3 is 0 Å². The molecule has 0 heterocycles. The standard InChI is InChI=1S/C15H15Br/c16-15-10-4-9-14(15)13-8-3-6-11-5-1-2-7-12(11)13/h1-3,5-8,14-15H,4,9-10H2. The molecule has 0 amide bonds. The van der Waals surface area contributed by atoms with Crippen molar-refractivity contribution in [3.05, 3.63) is 48.0 Å². The third kappa shape index (κ3) is 1.67. The second kappa shape index (κ2) is 4.21. The van der Waals surface area contributed by atoms with Crippen molar-refractivity contribution in [2.24, 2.45) is 0 Å². The van der Waals surface area contributed by atoms with E-state index in [0.29, 0.717) is 10.7 Å². The lowest BCUT2D eigenvalue weighted by atomic mass is 9.92. The summed E-state index contributed by atoms with van der Waals surface area (Å²) in [6.07, 6.45) is 3.99. The number of alkyl halides is 1. The second-order valence-electron chi connectivity index (χ2n) is 4.62. The molecular formula is C15H15Br. The van der Waals surface area contributed by atoms with Crippen LogP contribution in [0.4, 0.5) is 0 Å². The molecule has 1 heteroatoms. The van der Waals surface area contributed by atoms with Gasteiger partial charge in [0.25, 0.3) is 0 Å². The Kier molecular flexibility index (Phi) is 2.72. The van der Waals surface area contributed by atoms with Gasteiger partial charge in [-0.2, -0.15) is 0 Å². The van der Waals surface area contributed by atoms with Gasteiger partial charge in [0.1, 0.15) is 0 Å². The van der Waals surface area contributed by atoms with Gasteiger partial charge in [0.2, 0.25) is 0 Å². The molecule has 2 aromatic carbocycles. The van der Waals surface area contributed by atoms with Crippen LogP contribution in [0.15, 0.2) is 42.5 Å². The molecule has 1 saturated carbocycles. The number of rotatable bonds is 1. The third-order valence-electron chi connectivity index (χ3n) is 3.65. The highest BCUT2D eigenvalue weighted by atomic mass is 79.9. The Labute approximate surface area is 105 Å². The van der Waals surface area contributed by atoms with Crippen molar-refractivity contribution in [2.45, 2.75) is 30.0 Å². The molecule has 0 saturated heterocycles. The van der Waals surface area contributed by atoms with Gasteiger partial charge >= 0.3 is 0 Å². The highest BCUT2D eigenvalue weighted by Crippen LogP contribution is 2.41. The van der Waals surface area contributed by atoms with E-state index in [0.717, 1.165) is 0 Å². The average Bonchev–Trinajstić information content (AvgIpc) is 2.75. The Hall–Kier alpha value is -0.820. The molecule has 3 rings (SSSR count). The van der Waals surface area contributed by atoms with Crippen molar-refractivity contribution >= 4 is 26.7 Å². The van der Waals surface area contributed by atoms with E-state index < -0.39 is 0 Å². The Morgan fingerprint density at radius 3 is 2.56 bits per heavy atom. The predicted octanol–water partition coefficient (Wildman–Crippen LogP) is 4.87.